The zero-order chi connectivity index (χ0) is 19.2. The monoisotopic (exact) mass is 383 g/mol. The van der Waals surface area contributed by atoms with Crippen molar-refractivity contribution in [2.45, 2.75) is 19.4 Å². The Balaban J connectivity index is 1.94. The van der Waals surface area contributed by atoms with Crippen LogP contribution in [0.25, 0.3) is 0 Å². The van der Waals surface area contributed by atoms with Crippen molar-refractivity contribution >= 4 is 17.4 Å². The van der Waals surface area contributed by atoms with Gasteiger partial charge in [-0.25, -0.2) is 0 Å². The van der Waals surface area contributed by atoms with Crippen molar-refractivity contribution in [3.05, 3.63) is 70.2 Å². The molecule has 0 saturated heterocycles. The fourth-order valence-electron chi connectivity index (χ4n) is 2.76. The molecule has 0 aliphatic carbocycles. The highest BCUT2D eigenvalue weighted by Crippen LogP contribution is 2.27. The average molecular weight is 383 g/mol. The topological polar surface area (TPSA) is 73.3 Å². The molecule has 3 aromatic rings. The third kappa shape index (κ3) is 4.25. The van der Waals surface area contributed by atoms with Gasteiger partial charge < -0.3 is 14.8 Å². The van der Waals surface area contributed by atoms with Crippen molar-refractivity contribution in [3.63, 3.8) is 0 Å². The van der Waals surface area contributed by atoms with Gasteiger partial charge in [-0.15, -0.1) is 5.10 Å². The standard InChI is InChI=1S/C20H21N3O3S/c1-4-17-19(27-23-22-17)20(24)21-18(13-5-9-15(25-2)10-6-13)14-7-11-16(26-3)12-8-14/h5-12,18H,4H2,1-3H3,(H,21,24). The lowest BCUT2D eigenvalue weighted by Gasteiger charge is -2.20. The largest absolute Gasteiger partial charge is 0.497 e. The summed E-state index contributed by atoms with van der Waals surface area (Å²) in [7, 11) is 3.25. The van der Waals surface area contributed by atoms with E-state index in [2.05, 4.69) is 14.9 Å². The van der Waals surface area contributed by atoms with Gasteiger partial charge >= 0.3 is 0 Å². The Bertz CT molecular complexity index is 844. The molecule has 6 nitrogen and oxygen atoms in total. The first kappa shape index (κ1) is 18.8. The van der Waals surface area contributed by atoms with Crippen LogP contribution >= 0.6 is 11.5 Å². The fraction of sp³-hybridized carbons (Fsp3) is 0.250. The van der Waals surface area contributed by atoms with Crippen molar-refractivity contribution in [1.29, 1.82) is 0 Å². The number of benzene rings is 2. The van der Waals surface area contributed by atoms with E-state index in [1.165, 1.54) is 0 Å². The van der Waals surface area contributed by atoms with Gasteiger partial charge in [0, 0.05) is 0 Å². The number of hydrogen-bond donors (Lipinski definition) is 1. The van der Waals surface area contributed by atoms with Crippen molar-refractivity contribution in [2.24, 2.45) is 0 Å². The molecular weight excluding hydrogens is 362 g/mol. The molecule has 0 aliphatic heterocycles. The van der Waals surface area contributed by atoms with Gasteiger partial charge in [-0.2, -0.15) is 0 Å². The van der Waals surface area contributed by atoms with Crippen molar-refractivity contribution in [3.8, 4) is 11.5 Å². The summed E-state index contributed by atoms with van der Waals surface area (Å²) in [5.41, 5.74) is 2.61. The number of carbonyl (C=O) groups excluding carboxylic acids is 1. The van der Waals surface area contributed by atoms with Crippen molar-refractivity contribution < 1.29 is 14.3 Å². The van der Waals surface area contributed by atoms with E-state index in [1.54, 1.807) is 14.2 Å². The van der Waals surface area contributed by atoms with Gasteiger partial charge in [-0.05, 0) is 53.3 Å². The highest BCUT2D eigenvalue weighted by molar-refractivity contribution is 7.08. The number of hydrogen-bond acceptors (Lipinski definition) is 6. The summed E-state index contributed by atoms with van der Waals surface area (Å²) >= 11 is 1.11. The van der Waals surface area contributed by atoms with Crippen molar-refractivity contribution in [2.75, 3.05) is 14.2 Å². The molecule has 0 aliphatic rings. The third-order valence-electron chi connectivity index (χ3n) is 4.27. The summed E-state index contributed by atoms with van der Waals surface area (Å²) in [5.74, 6) is 1.34. The predicted octanol–water partition coefficient (Wildman–Crippen LogP) is 3.64. The molecule has 1 amide bonds. The van der Waals surface area contributed by atoms with Gasteiger partial charge in [0.1, 0.15) is 16.4 Å². The second-order valence-electron chi connectivity index (χ2n) is 5.86. The van der Waals surface area contributed by atoms with Gasteiger partial charge in [-0.1, -0.05) is 35.7 Å². The Hall–Kier alpha value is -2.93. The quantitative estimate of drug-likeness (QED) is 0.674. The van der Waals surface area contributed by atoms with Crippen LogP contribution in [0.15, 0.2) is 48.5 Å². The summed E-state index contributed by atoms with van der Waals surface area (Å²) < 4.78 is 14.4. The van der Waals surface area contributed by atoms with Gasteiger partial charge in [0.15, 0.2) is 0 Å². The molecule has 0 spiro atoms. The summed E-state index contributed by atoms with van der Waals surface area (Å²) in [4.78, 5) is 13.4. The summed E-state index contributed by atoms with van der Waals surface area (Å²) in [6, 6.07) is 15.0. The molecule has 0 bridgehead atoms. The SMILES string of the molecule is CCc1nnsc1C(=O)NC(c1ccc(OC)cc1)c1ccc(OC)cc1. The Morgan fingerprint density at radius 1 is 1.00 bits per heavy atom. The zero-order valence-corrected chi connectivity index (χ0v) is 16.2. The fourth-order valence-corrected chi connectivity index (χ4v) is 3.41. The second kappa shape index (κ2) is 8.64. The molecule has 7 heteroatoms. The van der Waals surface area contributed by atoms with Crippen LogP contribution in [0.3, 0.4) is 0 Å². The Labute approximate surface area is 162 Å². The Morgan fingerprint density at radius 2 is 1.52 bits per heavy atom. The molecule has 1 aromatic heterocycles. The minimum Gasteiger partial charge on any atom is -0.497 e. The average Bonchev–Trinajstić information content (AvgIpc) is 3.21. The van der Waals surface area contributed by atoms with Crippen LogP contribution < -0.4 is 14.8 Å². The van der Waals surface area contributed by atoms with E-state index in [9.17, 15) is 4.79 Å². The van der Waals surface area contributed by atoms with Gasteiger partial charge in [-0.3, -0.25) is 4.79 Å². The lowest BCUT2D eigenvalue weighted by atomic mass is 9.98. The maximum Gasteiger partial charge on any atom is 0.265 e. The maximum absolute atomic E-state index is 12.9. The molecule has 0 fully saturated rings. The zero-order valence-electron chi connectivity index (χ0n) is 15.4. The van der Waals surface area contributed by atoms with E-state index in [0.717, 1.165) is 34.2 Å². The lowest BCUT2D eigenvalue weighted by molar-refractivity contribution is 0.0946. The van der Waals surface area contributed by atoms with Crippen LogP contribution in [0.2, 0.25) is 0 Å². The van der Waals surface area contributed by atoms with E-state index >= 15 is 0 Å². The summed E-state index contributed by atoms with van der Waals surface area (Å²) in [6.45, 7) is 1.96. The molecule has 0 unspecified atom stereocenters. The number of methoxy groups -OCH3 is 2. The first-order chi connectivity index (χ1) is 13.2. The molecule has 27 heavy (non-hydrogen) atoms. The molecule has 0 atom stereocenters. The van der Waals surface area contributed by atoms with E-state index < -0.39 is 0 Å². The van der Waals surface area contributed by atoms with E-state index in [1.807, 2.05) is 55.5 Å². The molecule has 3 rings (SSSR count). The molecule has 1 N–H and O–H groups in total. The summed E-state index contributed by atoms with van der Waals surface area (Å²) in [6.07, 6.45) is 0.662. The lowest BCUT2D eigenvalue weighted by Crippen LogP contribution is -2.29. The predicted molar refractivity (Wildman–Crippen MR) is 105 cm³/mol. The molecule has 0 saturated carbocycles. The number of nitrogens with one attached hydrogen (secondary N) is 1. The number of aromatic nitrogens is 2. The highest BCUT2D eigenvalue weighted by Gasteiger charge is 2.21. The third-order valence-corrected chi connectivity index (χ3v) is 5.04. The number of carbonyl (C=O) groups is 1. The highest BCUT2D eigenvalue weighted by atomic mass is 32.1. The minimum absolute atomic E-state index is 0.182. The Kier molecular flexibility index (Phi) is 6.03. The van der Waals surface area contributed by atoms with E-state index in [4.69, 9.17) is 9.47 Å². The Morgan fingerprint density at radius 3 is 1.96 bits per heavy atom. The molecule has 140 valence electrons. The molecule has 2 aromatic carbocycles. The van der Waals surface area contributed by atoms with Crippen LogP contribution in [0.5, 0.6) is 11.5 Å². The minimum atomic E-state index is -0.318. The number of rotatable bonds is 7. The number of ether oxygens (including phenoxy) is 2. The van der Waals surface area contributed by atoms with Crippen LogP contribution in [-0.2, 0) is 6.42 Å². The van der Waals surface area contributed by atoms with Crippen LogP contribution in [0.1, 0.15) is 39.5 Å². The van der Waals surface area contributed by atoms with Gasteiger partial charge in [0.05, 0.1) is 26.0 Å². The first-order valence-electron chi connectivity index (χ1n) is 8.56. The second-order valence-corrected chi connectivity index (χ2v) is 6.61. The first-order valence-corrected chi connectivity index (χ1v) is 9.33. The van der Waals surface area contributed by atoms with E-state index in [-0.39, 0.29) is 11.9 Å². The molecule has 1 heterocycles. The van der Waals surface area contributed by atoms with Crippen LogP contribution in [0, 0.1) is 0 Å². The number of nitrogens with zero attached hydrogens (tertiary/aromatic N) is 2. The number of aryl methyl sites for hydroxylation is 1. The molecule has 0 radical (unpaired) electrons. The van der Waals surface area contributed by atoms with Crippen LogP contribution in [0.4, 0.5) is 0 Å². The van der Waals surface area contributed by atoms with Crippen molar-refractivity contribution in [1.82, 2.24) is 14.9 Å². The van der Waals surface area contributed by atoms with Gasteiger partial charge in [0.2, 0.25) is 0 Å². The number of amides is 1. The van der Waals surface area contributed by atoms with E-state index in [0.29, 0.717) is 17.0 Å². The summed E-state index contributed by atoms with van der Waals surface area (Å²) in [5, 5.41) is 7.14. The normalized spacial score (nSPS) is 10.7. The maximum atomic E-state index is 12.9. The van der Waals surface area contributed by atoms with Gasteiger partial charge in [0.25, 0.3) is 5.91 Å². The molecular formula is C20H21N3O3S. The smallest absolute Gasteiger partial charge is 0.265 e. The van der Waals surface area contributed by atoms with Crippen LogP contribution in [-0.4, -0.2) is 29.7 Å².